The minimum atomic E-state index is -2.99. The average Bonchev–Trinajstić information content (AvgIpc) is 3.96. The van der Waals surface area contributed by atoms with E-state index in [9.17, 15) is 27.6 Å². The van der Waals surface area contributed by atoms with E-state index in [2.05, 4.69) is 46.5 Å². The van der Waals surface area contributed by atoms with Gasteiger partial charge in [0.2, 0.25) is 0 Å². The Hall–Kier alpha value is -4.33. The Labute approximate surface area is 447 Å². The molecule has 2 N–H and O–H groups in total. The normalized spacial score (nSPS) is 13.3. The highest BCUT2D eigenvalue weighted by Crippen LogP contribution is 2.29. The number of benzene rings is 1. The van der Waals surface area contributed by atoms with Crippen LogP contribution in [0.5, 0.6) is 0 Å². The lowest BCUT2D eigenvalue weighted by Crippen LogP contribution is -2.49. The van der Waals surface area contributed by atoms with Gasteiger partial charge in [0, 0.05) is 13.3 Å². The lowest BCUT2D eigenvalue weighted by Gasteiger charge is -2.22. The Morgan fingerprint density at radius 3 is 1.79 bits per heavy atom. The van der Waals surface area contributed by atoms with Crippen LogP contribution in [0.15, 0.2) is 18.2 Å². The topological polar surface area (TPSA) is 191 Å². The first-order valence-corrected chi connectivity index (χ1v) is 29.8. The van der Waals surface area contributed by atoms with Gasteiger partial charge in [0.05, 0.1) is 40.1 Å². The average molecular weight is 1080 g/mol. The number of carbonyl (C=O) groups is 4. The number of amides is 3. The first kappa shape index (κ1) is 64.8. The molecule has 3 amide bonds. The molecule has 1 unspecified atom stereocenters. The third-order valence-corrected chi connectivity index (χ3v) is 15.0. The van der Waals surface area contributed by atoms with Crippen LogP contribution in [-0.2, 0) is 40.1 Å². The van der Waals surface area contributed by atoms with Crippen molar-refractivity contribution in [2.45, 2.75) is 234 Å². The van der Waals surface area contributed by atoms with Crippen molar-refractivity contribution < 1.29 is 41.8 Å². The minimum absolute atomic E-state index is 0.0786. The van der Waals surface area contributed by atoms with Gasteiger partial charge in [-0.3, -0.25) is 14.7 Å². The summed E-state index contributed by atoms with van der Waals surface area (Å²) in [5.41, 5.74) is 0.236. The number of anilines is 1. The van der Waals surface area contributed by atoms with Crippen LogP contribution in [0.3, 0.4) is 0 Å². The van der Waals surface area contributed by atoms with Crippen LogP contribution >= 0.6 is 23.2 Å². The maximum Gasteiger partial charge on any atom is 0.421 e. The van der Waals surface area contributed by atoms with E-state index in [1.165, 1.54) is 155 Å². The number of hydrogen-bond donors (Lipinski definition) is 2. The maximum atomic E-state index is 13.1. The number of aromatic nitrogens is 4. The number of imide groups is 1. The number of aryl methyl sites for hydroxylation is 2. The number of unbranched alkanes of at least 4 members (excludes halogenated alkanes) is 22. The van der Waals surface area contributed by atoms with Crippen LogP contribution in [0.2, 0.25) is 10.0 Å². The fourth-order valence-electron chi connectivity index (χ4n) is 8.20. The lowest BCUT2D eigenvalue weighted by molar-refractivity contribution is -0.146. The van der Waals surface area contributed by atoms with Crippen molar-refractivity contribution in [1.29, 1.82) is 0 Å². The number of carbonyl (C=O) groups excluding carboxylic acids is 4. The number of nitrogens with zero attached hydrogens (tertiary/aromatic N) is 4. The van der Waals surface area contributed by atoms with Gasteiger partial charge in [0.1, 0.15) is 21.0 Å². The molecule has 1 aromatic carbocycles. The summed E-state index contributed by atoms with van der Waals surface area (Å²) in [5, 5.41) is 14.5. The largest absolute Gasteiger partial charge is 0.462 e. The first-order chi connectivity index (χ1) is 35.1. The fraction of sp³-hybridized carbons (Fsp3) is 0.709. The first-order valence-electron chi connectivity index (χ1n) is 27.3. The van der Waals surface area contributed by atoms with Gasteiger partial charge in [-0.05, 0) is 58.2 Å². The zero-order valence-electron chi connectivity index (χ0n) is 45.4. The highest BCUT2D eigenvalue weighted by molar-refractivity contribution is 7.91. The molecule has 4 rings (SSSR count). The summed E-state index contributed by atoms with van der Waals surface area (Å²) in [6, 6.07) is 4.30. The highest BCUT2D eigenvalue weighted by atomic mass is 35.5. The molecule has 1 aliphatic heterocycles. The van der Waals surface area contributed by atoms with Crippen LogP contribution in [0.4, 0.5) is 10.5 Å². The molecular formula is C55H88Cl2N6O9S. The molecule has 15 nitrogen and oxygen atoms in total. The summed E-state index contributed by atoms with van der Waals surface area (Å²) >= 11 is 12.4. The van der Waals surface area contributed by atoms with Crippen LogP contribution in [0.25, 0.3) is 5.65 Å². The monoisotopic (exact) mass is 1080 g/mol. The molecule has 0 saturated carbocycles. The number of cyclic esters (lactones) is 1. The van der Waals surface area contributed by atoms with E-state index in [0.717, 1.165) is 50.0 Å². The second kappa shape index (κ2) is 36.6. The number of H-pyrrole nitrogens is 1. The molecule has 0 aliphatic carbocycles. The third kappa shape index (κ3) is 24.3. The van der Waals surface area contributed by atoms with E-state index in [0.29, 0.717) is 40.8 Å². The van der Waals surface area contributed by atoms with Crippen LogP contribution in [0.1, 0.15) is 231 Å². The summed E-state index contributed by atoms with van der Waals surface area (Å²) in [7, 11) is -2.99. The Morgan fingerprint density at radius 2 is 1.29 bits per heavy atom. The Morgan fingerprint density at radius 1 is 0.781 bits per heavy atom. The van der Waals surface area contributed by atoms with Crippen molar-refractivity contribution in [3.63, 3.8) is 0 Å². The van der Waals surface area contributed by atoms with Crippen molar-refractivity contribution in [2.24, 2.45) is 0 Å². The van der Waals surface area contributed by atoms with Crippen molar-refractivity contribution in [2.75, 3.05) is 23.4 Å². The number of rotatable bonds is 35. The molecule has 0 spiro atoms. The molecule has 1 atom stereocenters. The van der Waals surface area contributed by atoms with E-state index in [-0.39, 0.29) is 22.0 Å². The molecule has 1 saturated heterocycles. The predicted molar refractivity (Wildman–Crippen MR) is 294 cm³/mol. The molecule has 0 radical (unpaired) electrons. The standard InChI is InChI=1S/C33H47ClN2O7.C20H35ClN4O2S.C2H6/c1-5-7-8-9-10-11-12-13-14-15-16-17-18-19-23-42-30(38)25-20-21-26(34)27(24-25)35-28(37)29(41-22-6-2)36-31(39)33(3,4)43-32(36)40;1-3-4-5-6-7-8-9-10-11-12-15-28(26,27)16-13-14-18-22-23-20-19(21)17(2)24-25(18)20;1-2/h20-21,24,29H,5,7-19,23H2,1-4H3,(H,35,37);24H,3-16H2,1-2H3;1-2H3. The smallest absolute Gasteiger partial charge is 0.421 e. The molecule has 412 valence electrons. The molecule has 3 heterocycles. The summed E-state index contributed by atoms with van der Waals surface area (Å²) < 4.78 is 41.9. The molecule has 1 aliphatic rings. The van der Waals surface area contributed by atoms with E-state index < -0.39 is 45.5 Å². The van der Waals surface area contributed by atoms with Crippen molar-refractivity contribution >= 4 is 68.3 Å². The maximum absolute atomic E-state index is 13.1. The number of ether oxygens (including phenoxy) is 3. The minimum Gasteiger partial charge on any atom is -0.462 e. The zero-order chi connectivity index (χ0) is 54.1. The number of hydrogen-bond acceptors (Lipinski definition) is 11. The SMILES string of the molecule is CC.CC#COC(C(=O)Nc1cc(C(=O)OCCCCCCCCCCCCCCCC)ccc1Cl)N1C(=O)OC(C)(C)C1=O.CCCCCCCCCCCCS(=O)(=O)CCCc1nnc2c(Cl)c(C)[nH]n12. The van der Waals surface area contributed by atoms with Crippen molar-refractivity contribution in [3.8, 4) is 12.0 Å². The van der Waals surface area contributed by atoms with Crippen LogP contribution in [0, 0.1) is 19.0 Å². The zero-order valence-corrected chi connectivity index (χ0v) is 47.8. The Bertz CT molecular complexity index is 2270. The number of aromatic amines is 1. The molecular weight excluding hydrogens is 992 g/mol. The number of sulfone groups is 1. The number of halogens is 2. The van der Waals surface area contributed by atoms with Gasteiger partial charge < -0.3 is 19.5 Å². The van der Waals surface area contributed by atoms with Gasteiger partial charge in [0.15, 0.2) is 17.1 Å². The van der Waals surface area contributed by atoms with Crippen LogP contribution in [-0.4, -0.2) is 86.9 Å². The Kier molecular flexibility index (Phi) is 32.5. The van der Waals surface area contributed by atoms with E-state index >= 15 is 0 Å². The van der Waals surface area contributed by atoms with Gasteiger partial charge in [-0.1, -0.05) is 198 Å². The van der Waals surface area contributed by atoms with Gasteiger partial charge >= 0.3 is 12.1 Å². The number of fused-ring (bicyclic) bond motifs is 1. The second-order valence-corrected chi connectivity index (χ2v) is 22.1. The summed E-state index contributed by atoms with van der Waals surface area (Å²) in [5.74, 6) is 1.46. The van der Waals surface area contributed by atoms with E-state index in [1.807, 2.05) is 20.8 Å². The van der Waals surface area contributed by atoms with Gasteiger partial charge in [-0.15, -0.1) is 10.2 Å². The predicted octanol–water partition coefficient (Wildman–Crippen LogP) is 14.3. The summed E-state index contributed by atoms with van der Waals surface area (Å²) in [6.45, 7) is 14.9. The Balaban J connectivity index is 0.000000524. The fourth-order valence-corrected chi connectivity index (χ4v) is 9.96. The van der Waals surface area contributed by atoms with Gasteiger partial charge in [-0.2, -0.15) is 4.90 Å². The molecule has 1 fully saturated rings. The molecule has 2 aromatic heterocycles. The highest BCUT2D eigenvalue weighted by Gasteiger charge is 2.53. The summed E-state index contributed by atoms with van der Waals surface area (Å²) in [6.07, 6.45) is 30.1. The van der Waals surface area contributed by atoms with Crippen molar-refractivity contribution in [1.82, 2.24) is 24.7 Å². The van der Waals surface area contributed by atoms with E-state index in [4.69, 9.17) is 37.4 Å². The summed E-state index contributed by atoms with van der Waals surface area (Å²) in [4.78, 5) is 51.3. The molecule has 18 heteroatoms. The van der Waals surface area contributed by atoms with Crippen LogP contribution < -0.4 is 5.32 Å². The number of esters is 1. The molecule has 73 heavy (non-hydrogen) atoms. The van der Waals surface area contributed by atoms with E-state index in [1.54, 1.807) is 4.52 Å². The third-order valence-electron chi connectivity index (χ3n) is 12.4. The second-order valence-electron chi connectivity index (χ2n) is 19.1. The van der Waals surface area contributed by atoms with Gasteiger partial charge in [0.25, 0.3) is 18.0 Å². The van der Waals surface area contributed by atoms with Gasteiger partial charge in [-0.25, -0.2) is 22.5 Å². The molecule has 0 bridgehead atoms. The lowest BCUT2D eigenvalue weighted by atomic mass is 10.0. The van der Waals surface area contributed by atoms with Crippen molar-refractivity contribution in [3.05, 3.63) is 45.3 Å². The quantitative estimate of drug-likeness (QED) is 0.0324. The number of nitrogens with one attached hydrogen (secondary N) is 2. The molecule has 3 aromatic rings.